The fourth-order valence-electron chi connectivity index (χ4n) is 4.08. The van der Waals surface area contributed by atoms with Gasteiger partial charge in [-0.2, -0.15) is 0 Å². The van der Waals surface area contributed by atoms with Crippen molar-refractivity contribution in [3.63, 3.8) is 0 Å². The van der Waals surface area contributed by atoms with Crippen LogP contribution in [0.2, 0.25) is 0 Å². The molecule has 21 heavy (non-hydrogen) atoms. The molecule has 1 N–H and O–H groups in total. The van der Waals surface area contributed by atoms with E-state index >= 15 is 0 Å². The number of amides is 1. The summed E-state index contributed by atoms with van der Waals surface area (Å²) in [6.07, 6.45) is 5.78. The number of nitrogens with zero attached hydrogens (tertiary/aromatic N) is 1. The quantitative estimate of drug-likeness (QED) is 0.911. The number of piperidine rings is 1. The molecule has 0 radical (unpaired) electrons. The van der Waals surface area contributed by atoms with E-state index in [1.807, 2.05) is 11.3 Å². The Morgan fingerprint density at radius 2 is 2.33 bits per heavy atom. The SMILES string of the molecule is CC1(C(=O)N2CCc3sccc3C2C2CC2)CCCNC1. The van der Waals surface area contributed by atoms with Crippen molar-refractivity contribution in [1.82, 2.24) is 10.2 Å². The molecular weight excluding hydrogens is 280 g/mol. The average Bonchev–Trinajstić information content (AvgIpc) is 3.22. The zero-order valence-corrected chi connectivity index (χ0v) is 13.5. The maximum Gasteiger partial charge on any atom is 0.230 e. The number of carbonyl (C=O) groups excluding carboxylic acids is 1. The minimum Gasteiger partial charge on any atom is -0.334 e. The first-order chi connectivity index (χ1) is 10.2. The van der Waals surface area contributed by atoms with E-state index in [9.17, 15) is 4.79 Å². The Morgan fingerprint density at radius 1 is 1.48 bits per heavy atom. The van der Waals surface area contributed by atoms with Crippen LogP contribution in [0.15, 0.2) is 11.4 Å². The third-order valence-corrected chi connectivity index (χ3v) is 6.45. The van der Waals surface area contributed by atoms with Crippen LogP contribution in [0.5, 0.6) is 0 Å². The van der Waals surface area contributed by atoms with Crippen molar-refractivity contribution in [2.75, 3.05) is 19.6 Å². The summed E-state index contributed by atoms with van der Waals surface area (Å²) in [5.74, 6) is 1.10. The Morgan fingerprint density at radius 3 is 3.05 bits per heavy atom. The maximum absolute atomic E-state index is 13.2. The topological polar surface area (TPSA) is 32.3 Å². The molecule has 0 spiro atoms. The van der Waals surface area contributed by atoms with Gasteiger partial charge in [-0.1, -0.05) is 0 Å². The molecule has 0 aromatic carbocycles. The molecule has 1 aliphatic carbocycles. The normalized spacial score (nSPS) is 32.8. The number of rotatable bonds is 2. The summed E-state index contributed by atoms with van der Waals surface area (Å²) in [4.78, 5) is 17.0. The van der Waals surface area contributed by atoms with Crippen molar-refractivity contribution >= 4 is 17.2 Å². The molecule has 3 heterocycles. The molecule has 1 saturated carbocycles. The Balaban J connectivity index is 1.63. The highest BCUT2D eigenvalue weighted by Gasteiger charge is 2.46. The van der Waals surface area contributed by atoms with Crippen LogP contribution in [0.1, 0.15) is 49.1 Å². The van der Waals surface area contributed by atoms with Crippen molar-refractivity contribution in [2.24, 2.45) is 11.3 Å². The molecule has 0 bridgehead atoms. The Kier molecular flexibility index (Phi) is 3.34. The van der Waals surface area contributed by atoms with E-state index in [4.69, 9.17) is 0 Å². The molecule has 2 unspecified atom stereocenters. The highest BCUT2D eigenvalue weighted by Crippen LogP contribution is 2.49. The smallest absolute Gasteiger partial charge is 0.230 e. The van der Waals surface area contributed by atoms with Gasteiger partial charge in [0.25, 0.3) is 0 Å². The molecule has 4 heteroatoms. The van der Waals surface area contributed by atoms with Crippen molar-refractivity contribution < 1.29 is 4.79 Å². The number of hydrogen-bond donors (Lipinski definition) is 1. The second-order valence-electron chi connectivity index (χ2n) is 7.17. The number of hydrogen-bond acceptors (Lipinski definition) is 3. The molecule has 114 valence electrons. The van der Waals surface area contributed by atoms with Crippen LogP contribution in [0.4, 0.5) is 0 Å². The summed E-state index contributed by atoms with van der Waals surface area (Å²) in [7, 11) is 0. The van der Waals surface area contributed by atoms with Gasteiger partial charge in [-0.05, 0) is 68.5 Å². The van der Waals surface area contributed by atoms with E-state index in [2.05, 4.69) is 28.6 Å². The summed E-state index contributed by atoms with van der Waals surface area (Å²) in [6, 6.07) is 2.63. The van der Waals surface area contributed by atoms with E-state index in [1.54, 1.807) is 0 Å². The van der Waals surface area contributed by atoms with Crippen molar-refractivity contribution in [2.45, 2.75) is 45.1 Å². The van der Waals surface area contributed by atoms with Crippen molar-refractivity contribution in [1.29, 1.82) is 0 Å². The van der Waals surface area contributed by atoms with Crippen LogP contribution in [-0.4, -0.2) is 30.4 Å². The first-order valence-corrected chi connectivity index (χ1v) is 9.15. The lowest BCUT2D eigenvalue weighted by atomic mass is 9.80. The maximum atomic E-state index is 13.2. The van der Waals surface area contributed by atoms with Crippen LogP contribution in [0, 0.1) is 11.3 Å². The molecule has 3 nitrogen and oxygen atoms in total. The average molecular weight is 304 g/mol. The molecule has 3 aliphatic rings. The lowest BCUT2D eigenvalue weighted by molar-refractivity contribution is -0.146. The summed E-state index contributed by atoms with van der Waals surface area (Å²) in [5.41, 5.74) is 1.26. The van der Waals surface area contributed by atoms with Crippen molar-refractivity contribution in [3.8, 4) is 0 Å². The van der Waals surface area contributed by atoms with E-state index in [0.717, 1.165) is 38.9 Å². The van der Waals surface area contributed by atoms with E-state index in [1.165, 1.54) is 23.3 Å². The van der Waals surface area contributed by atoms with Crippen LogP contribution in [-0.2, 0) is 11.2 Å². The minimum atomic E-state index is -0.196. The Hall–Kier alpha value is -0.870. The summed E-state index contributed by atoms with van der Waals surface area (Å²) < 4.78 is 0. The zero-order chi connectivity index (χ0) is 14.4. The highest BCUT2D eigenvalue weighted by atomic mass is 32.1. The van der Waals surface area contributed by atoms with E-state index < -0.39 is 0 Å². The summed E-state index contributed by atoms with van der Waals surface area (Å²) in [5, 5.41) is 5.63. The van der Waals surface area contributed by atoms with Gasteiger partial charge in [0.1, 0.15) is 0 Å². The molecule has 1 saturated heterocycles. The molecule has 1 aromatic heterocycles. The van der Waals surface area contributed by atoms with Gasteiger partial charge in [-0.25, -0.2) is 0 Å². The highest BCUT2D eigenvalue weighted by molar-refractivity contribution is 7.10. The molecule has 4 rings (SSSR count). The Bertz CT molecular complexity index is 543. The largest absolute Gasteiger partial charge is 0.334 e. The number of fused-ring (bicyclic) bond motifs is 1. The molecular formula is C17H24N2OS. The molecule has 2 atom stereocenters. The third-order valence-electron chi connectivity index (χ3n) is 5.46. The summed E-state index contributed by atoms with van der Waals surface area (Å²) >= 11 is 1.87. The van der Waals surface area contributed by atoms with Gasteiger partial charge in [0.2, 0.25) is 5.91 Å². The number of thiophene rings is 1. The van der Waals surface area contributed by atoms with E-state index in [-0.39, 0.29) is 5.41 Å². The lowest BCUT2D eigenvalue weighted by Crippen LogP contribution is -2.52. The molecule has 2 aliphatic heterocycles. The monoisotopic (exact) mass is 304 g/mol. The van der Waals surface area contributed by atoms with Gasteiger partial charge < -0.3 is 10.2 Å². The number of carbonyl (C=O) groups is 1. The summed E-state index contributed by atoms with van der Waals surface area (Å²) in [6.45, 7) is 4.98. The number of nitrogens with one attached hydrogen (secondary N) is 1. The second-order valence-corrected chi connectivity index (χ2v) is 8.17. The molecule has 1 aromatic rings. The fraction of sp³-hybridized carbons (Fsp3) is 0.706. The third kappa shape index (κ3) is 2.33. The standard InChI is InChI=1S/C17H24N2OS/c1-17(7-2-8-18-11-17)16(20)19-9-5-14-13(6-10-21-14)15(19)12-3-4-12/h6,10,12,15,18H,2-5,7-9,11H2,1H3. The van der Waals surface area contributed by atoms with Gasteiger partial charge in [-0.3, -0.25) is 4.79 Å². The minimum absolute atomic E-state index is 0.196. The van der Waals surface area contributed by atoms with Gasteiger partial charge in [-0.15, -0.1) is 11.3 Å². The fourth-order valence-corrected chi connectivity index (χ4v) is 4.99. The van der Waals surface area contributed by atoms with Crippen LogP contribution < -0.4 is 5.32 Å². The predicted molar refractivity (Wildman–Crippen MR) is 85.4 cm³/mol. The van der Waals surface area contributed by atoms with Gasteiger partial charge in [0.15, 0.2) is 0 Å². The van der Waals surface area contributed by atoms with E-state index in [0.29, 0.717) is 17.9 Å². The first-order valence-electron chi connectivity index (χ1n) is 8.27. The van der Waals surface area contributed by atoms with Crippen LogP contribution >= 0.6 is 11.3 Å². The van der Waals surface area contributed by atoms with Crippen LogP contribution in [0.3, 0.4) is 0 Å². The second kappa shape index (κ2) is 5.10. The zero-order valence-electron chi connectivity index (χ0n) is 12.7. The molecule has 1 amide bonds. The lowest BCUT2D eigenvalue weighted by Gasteiger charge is -2.43. The van der Waals surface area contributed by atoms with Crippen LogP contribution in [0.25, 0.3) is 0 Å². The van der Waals surface area contributed by atoms with Gasteiger partial charge in [0, 0.05) is 18.0 Å². The van der Waals surface area contributed by atoms with Gasteiger partial charge in [0.05, 0.1) is 11.5 Å². The van der Waals surface area contributed by atoms with Crippen molar-refractivity contribution in [3.05, 3.63) is 21.9 Å². The predicted octanol–water partition coefficient (Wildman–Crippen LogP) is 2.97. The molecule has 2 fully saturated rings. The first kappa shape index (κ1) is 13.8. The Labute approximate surface area is 130 Å². The van der Waals surface area contributed by atoms with Gasteiger partial charge >= 0.3 is 0 Å².